The monoisotopic (exact) mass is 569 g/mol. The molecule has 7 heteroatoms. The van der Waals surface area contributed by atoms with Crippen LogP contribution in [0.3, 0.4) is 0 Å². The van der Waals surface area contributed by atoms with Gasteiger partial charge in [-0.1, -0.05) is 45.8 Å². The Balaban J connectivity index is 1.60. The maximum Gasteiger partial charge on any atom is 0.363 e. The van der Waals surface area contributed by atoms with Gasteiger partial charge in [0.2, 0.25) is 5.90 Å². The molecule has 0 spiro atoms. The summed E-state index contributed by atoms with van der Waals surface area (Å²) in [6.45, 7) is 4.84. The molecule has 4 rings (SSSR count). The molecule has 0 saturated heterocycles. The van der Waals surface area contributed by atoms with E-state index < -0.39 is 5.97 Å². The maximum atomic E-state index is 12.4. The molecule has 168 valence electrons. The quantitative estimate of drug-likeness (QED) is 0.230. The third kappa shape index (κ3) is 5.72. The topological polar surface area (TPSA) is 57.1 Å². The number of hydrogen-bond donors (Lipinski definition) is 0. The number of cyclic esters (lactones) is 1. The van der Waals surface area contributed by atoms with E-state index in [1.54, 1.807) is 6.08 Å². The molecule has 0 aromatic heterocycles. The molecular formula is C26H21Br2NO4. The van der Waals surface area contributed by atoms with E-state index in [2.05, 4.69) is 49.0 Å². The molecule has 0 unspecified atom stereocenters. The summed E-state index contributed by atoms with van der Waals surface area (Å²) in [5.74, 6) is 0.963. The highest BCUT2D eigenvalue weighted by Crippen LogP contribution is 2.38. The van der Waals surface area contributed by atoms with E-state index in [1.807, 2.05) is 62.4 Å². The Bertz CT molecular complexity index is 1230. The number of ether oxygens (including phenoxy) is 3. The van der Waals surface area contributed by atoms with Gasteiger partial charge in [0.15, 0.2) is 17.2 Å². The summed E-state index contributed by atoms with van der Waals surface area (Å²) < 4.78 is 18.9. The number of halogens is 2. The summed E-state index contributed by atoms with van der Waals surface area (Å²) in [6.07, 6.45) is 1.67. The molecule has 0 saturated carbocycles. The summed E-state index contributed by atoms with van der Waals surface area (Å²) >= 11 is 6.98. The number of rotatable bonds is 7. The number of aryl methyl sites for hydroxylation is 1. The fourth-order valence-electron chi connectivity index (χ4n) is 3.20. The third-order valence-corrected chi connectivity index (χ3v) is 5.97. The third-order valence-electron chi connectivity index (χ3n) is 4.85. The van der Waals surface area contributed by atoms with Crippen LogP contribution in [-0.2, 0) is 16.1 Å². The van der Waals surface area contributed by atoms with Crippen LogP contribution >= 0.6 is 31.9 Å². The van der Waals surface area contributed by atoms with E-state index >= 15 is 0 Å². The van der Waals surface area contributed by atoms with Crippen molar-refractivity contribution in [3.63, 3.8) is 0 Å². The zero-order valence-corrected chi connectivity index (χ0v) is 21.3. The smallest absolute Gasteiger partial charge is 0.363 e. The molecule has 3 aromatic carbocycles. The fraction of sp³-hybridized carbons (Fsp3) is 0.154. The van der Waals surface area contributed by atoms with Crippen molar-refractivity contribution in [2.45, 2.75) is 20.5 Å². The minimum atomic E-state index is -0.498. The van der Waals surface area contributed by atoms with E-state index in [9.17, 15) is 4.79 Å². The molecular weight excluding hydrogens is 550 g/mol. The van der Waals surface area contributed by atoms with Gasteiger partial charge in [-0.2, -0.15) is 0 Å². The molecule has 1 aliphatic rings. The van der Waals surface area contributed by atoms with Gasteiger partial charge in [0, 0.05) is 10.0 Å². The molecule has 0 aliphatic carbocycles. The minimum Gasteiger partial charge on any atom is -0.490 e. The highest BCUT2D eigenvalue weighted by atomic mass is 79.9. The van der Waals surface area contributed by atoms with Crippen molar-refractivity contribution in [1.29, 1.82) is 0 Å². The van der Waals surface area contributed by atoms with Crippen molar-refractivity contribution in [2.75, 3.05) is 6.61 Å². The molecule has 0 fully saturated rings. The van der Waals surface area contributed by atoms with Gasteiger partial charge >= 0.3 is 5.97 Å². The van der Waals surface area contributed by atoms with Crippen molar-refractivity contribution in [3.05, 3.63) is 97.6 Å². The van der Waals surface area contributed by atoms with Gasteiger partial charge in [0.1, 0.15) is 6.61 Å². The lowest BCUT2D eigenvalue weighted by molar-refractivity contribution is -0.129. The average Bonchev–Trinajstić information content (AvgIpc) is 3.15. The molecule has 0 radical (unpaired) electrons. The first-order chi connectivity index (χ1) is 15.9. The van der Waals surface area contributed by atoms with Gasteiger partial charge in [0.05, 0.1) is 11.1 Å². The standard InChI is InChI=1S/C26H21Br2NO4/c1-3-31-23-14-18(12-21(28)24(23)32-15-17-6-4-16(2)5-7-17)13-22-26(30)33-25(29-22)19-8-10-20(27)11-9-19/h4-14H,3,15H2,1-2H3/b22-13-. The van der Waals surface area contributed by atoms with E-state index in [0.717, 1.165) is 25.6 Å². The molecule has 1 aliphatic heterocycles. The summed E-state index contributed by atoms with van der Waals surface area (Å²) in [4.78, 5) is 16.8. The summed E-state index contributed by atoms with van der Waals surface area (Å²) in [5, 5.41) is 0. The van der Waals surface area contributed by atoms with Crippen molar-refractivity contribution in [1.82, 2.24) is 0 Å². The predicted molar refractivity (Wildman–Crippen MR) is 136 cm³/mol. The Morgan fingerprint density at radius 1 is 1.00 bits per heavy atom. The van der Waals surface area contributed by atoms with Crippen LogP contribution in [0, 0.1) is 6.92 Å². The number of nitrogens with zero attached hydrogens (tertiary/aromatic N) is 1. The lowest BCUT2D eigenvalue weighted by Crippen LogP contribution is -2.05. The highest BCUT2D eigenvalue weighted by Gasteiger charge is 2.24. The van der Waals surface area contributed by atoms with Crippen LogP contribution in [0.15, 0.2) is 80.3 Å². The van der Waals surface area contributed by atoms with Crippen LogP contribution in [0.5, 0.6) is 11.5 Å². The van der Waals surface area contributed by atoms with Crippen molar-refractivity contribution in [2.24, 2.45) is 4.99 Å². The van der Waals surface area contributed by atoms with Gasteiger partial charge in [-0.05, 0) is 83.4 Å². The summed E-state index contributed by atoms with van der Waals surface area (Å²) in [6, 6.07) is 19.3. The van der Waals surface area contributed by atoms with Crippen LogP contribution in [0.25, 0.3) is 6.08 Å². The van der Waals surface area contributed by atoms with Gasteiger partial charge in [-0.25, -0.2) is 9.79 Å². The first-order valence-corrected chi connectivity index (χ1v) is 11.9. The Labute approximate surface area is 209 Å². The lowest BCUT2D eigenvalue weighted by Gasteiger charge is -2.15. The Hall–Kier alpha value is -2.90. The zero-order chi connectivity index (χ0) is 23.4. The lowest BCUT2D eigenvalue weighted by atomic mass is 10.1. The number of aliphatic imine (C=N–C) groups is 1. The molecule has 0 N–H and O–H groups in total. The summed E-state index contributed by atoms with van der Waals surface area (Å²) in [7, 11) is 0. The van der Waals surface area contributed by atoms with Crippen LogP contribution < -0.4 is 9.47 Å². The molecule has 0 atom stereocenters. The minimum absolute atomic E-state index is 0.218. The normalized spacial score (nSPS) is 14.2. The van der Waals surface area contributed by atoms with Gasteiger partial charge in [-0.3, -0.25) is 0 Å². The van der Waals surface area contributed by atoms with Crippen LogP contribution in [0.4, 0.5) is 0 Å². The molecule has 1 heterocycles. The summed E-state index contributed by atoms with van der Waals surface area (Å²) in [5.41, 5.74) is 3.94. The van der Waals surface area contributed by atoms with Gasteiger partial charge in [-0.15, -0.1) is 0 Å². The molecule has 0 bridgehead atoms. The number of hydrogen-bond acceptors (Lipinski definition) is 5. The van der Waals surface area contributed by atoms with Gasteiger partial charge < -0.3 is 14.2 Å². The Morgan fingerprint density at radius 2 is 1.73 bits per heavy atom. The van der Waals surface area contributed by atoms with E-state index in [0.29, 0.717) is 24.7 Å². The number of carbonyl (C=O) groups excluding carboxylic acids is 1. The number of esters is 1. The van der Waals surface area contributed by atoms with E-state index in [4.69, 9.17) is 14.2 Å². The second-order valence-corrected chi connectivity index (χ2v) is 9.15. The van der Waals surface area contributed by atoms with Gasteiger partial charge in [0.25, 0.3) is 0 Å². The van der Waals surface area contributed by atoms with Crippen molar-refractivity contribution >= 4 is 49.8 Å². The second kappa shape index (κ2) is 10.4. The fourth-order valence-corrected chi connectivity index (χ4v) is 4.04. The SMILES string of the molecule is CCOc1cc(/C=C2\N=C(c3ccc(Br)cc3)OC2=O)cc(Br)c1OCc1ccc(C)cc1. The number of benzene rings is 3. The van der Waals surface area contributed by atoms with E-state index in [-0.39, 0.29) is 11.6 Å². The van der Waals surface area contributed by atoms with Crippen LogP contribution in [-0.4, -0.2) is 18.5 Å². The Kier molecular flexibility index (Phi) is 7.30. The molecule has 3 aromatic rings. The molecule has 0 amide bonds. The number of carbonyl (C=O) groups is 1. The first kappa shape index (κ1) is 23.3. The second-order valence-electron chi connectivity index (χ2n) is 7.38. The molecule has 33 heavy (non-hydrogen) atoms. The van der Waals surface area contributed by atoms with Crippen molar-refractivity contribution in [3.8, 4) is 11.5 Å². The molecule has 5 nitrogen and oxygen atoms in total. The highest BCUT2D eigenvalue weighted by molar-refractivity contribution is 9.10. The largest absolute Gasteiger partial charge is 0.490 e. The zero-order valence-electron chi connectivity index (χ0n) is 18.1. The maximum absolute atomic E-state index is 12.4. The first-order valence-electron chi connectivity index (χ1n) is 10.4. The average molecular weight is 571 g/mol. The Morgan fingerprint density at radius 3 is 2.42 bits per heavy atom. The predicted octanol–water partition coefficient (Wildman–Crippen LogP) is 6.84. The van der Waals surface area contributed by atoms with Crippen LogP contribution in [0.2, 0.25) is 0 Å². The van der Waals surface area contributed by atoms with E-state index in [1.165, 1.54) is 5.56 Å². The van der Waals surface area contributed by atoms with Crippen molar-refractivity contribution < 1.29 is 19.0 Å². The van der Waals surface area contributed by atoms with Crippen LogP contribution in [0.1, 0.15) is 29.2 Å².